The second kappa shape index (κ2) is 5.74. The maximum absolute atomic E-state index is 11.5. The Morgan fingerprint density at radius 2 is 2.20 bits per heavy atom. The van der Waals surface area contributed by atoms with Crippen molar-refractivity contribution in [1.82, 2.24) is 9.55 Å². The fourth-order valence-corrected chi connectivity index (χ4v) is 1.37. The molecule has 0 aliphatic carbocycles. The summed E-state index contributed by atoms with van der Waals surface area (Å²) in [6, 6.07) is 2.04. The standard InChI is InChI=1S/C9H9Cl2N3O/c10-7-8(11)13-6-14(9(7)15)5-3-1-2-4-12/h6H,1-3,5H2. The van der Waals surface area contributed by atoms with Crippen LogP contribution in [-0.2, 0) is 6.54 Å². The molecule has 0 spiro atoms. The van der Waals surface area contributed by atoms with Crippen LogP contribution in [0.1, 0.15) is 19.3 Å². The van der Waals surface area contributed by atoms with Gasteiger partial charge in [0, 0.05) is 13.0 Å². The number of unbranched alkanes of at least 4 members (excludes halogenated alkanes) is 2. The zero-order valence-electron chi connectivity index (χ0n) is 7.91. The summed E-state index contributed by atoms with van der Waals surface area (Å²) in [5.41, 5.74) is -0.339. The lowest BCUT2D eigenvalue weighted by Crippen LogP contribution is -2.21. The number of nitrogens with zero attached hydrogens (tertiary/aromatic N) is 3. The van der Waals surface area contributed by atoms with E-state index in [-0.39, 0.29) is 15.7 Å². The van der Waals surface area contributed by atoms with Gasteiger partial charge in [-0.1, -0.05) is 23.2 Å². The average molecular weight is 246 g/mol. The topological polar surface area (TPSA) is 58.7 Å². The molecular formula is C9H9Cl2N3O. The molecule has 1 aromatic rings. The summed E-state index contributed by atoms with van der Waals surface area (Å²) in [5, 5.41) is 8.30. The van der Waals surface area contributed by atoms with Crippen molar-refractivity contribution < 1.29 is 0 Å². The van der Waals surface area contributed by atoms with E-state index in [1.807, 2.05) is 6.07 Å². The summed E-state index contributed by atoms with van der Waals surface area (Å²) >= 11 is 11.2. The fourth-order valence-electron chi connectivity index (χ4n) is 1.09. The molecule has 4 nitrogen and oxygen atoms in total. The van der Waals surface area contributed by atoms with Gasteiger partial charge in [0.25, 0.3) is 5.56 Å². The highest BCUT2D eigenvalue weighted by Crippen LogP contribution is 2.12. The summed E-state index contributed by atoms with van der Waals surface area (Å²) in [7, 11) is 0. The second-order valence-corrected chi connectivity index (χ2v) is 3.70. The van der Waals surface area contributed by atoms with Crippen molar-refractivity contribution in [1.29, 1.82) is 5.26 Å². The number of rotatable bonds is 4. The summed E-state index contributed by atoms with van der Waals surface area (Å²) in [4.78, 5) is 15.3. The zero-order valence-corrected chi connectivity index (χ0v) is 9.42. The van der Waals surface area contributed by atoms with Crippen LogP contribution >= 0.6 is 23.2 Å². The maximum Gasteiger partial charge on any atom is 0.273 e. The molecule has 1 rings (SSSR count). The van der Waals surface area contributed by atoms with E-state index >= 15 is 0 Å². The van der Waals surface area contributed by atoms with Gasteiger partial charge in [0.1, 0.15) is 5.02 Å². The molecule has 0 unspecified atom stereocenters. The first-order valence-electron chi connectivity index (χ1n) is 4.44. The van der Waals surface area contributed by atoms with E-state index in [0.29, 0.717) is 13.0 Å². The molecule has 6 heteroatoms. The molecule has 1 aromatic heterocycles. The molecule has 0 fully saturated rings. The van der Waals surface area contributed by atoms with Crippen LogP contribution in [0.3, 0.4) is 0 Å². The van der Waals surface area contributed by atoms with E-state index in [0.717, 1.165) is 12.8 Å². The molecule has 1 heterocycles. The molecule has 0 aliphatic heterocycles. The Morgan fingerprint density at radius 3 is 2.87 bits per heavy atom. The van der Waals surface area contributed by atoms with Crippen molar-refractivity contribution in [3.8, 4) is 6.07 Å². The Kier molecular flexibility index (Phi) is 4.60. The number of aromatic nitrogens is 2. The van der Waals surface area contributed by atoms with Crippen molar-refractivity contribution in [2.24, 2.45) is 0 Å². The lowest BCUT2D eigenvalue weighted by Gasteiger charge is -2.04. The number of hydrogen-bond acceptors (Lipinski definition) is 3. The minimum atomic E-state index is -0.339. The first kappa shape index (κ1) is 12.0. The number of nitriles is 1. The van der Waals surface area contributed by atoms with E-state index in [1.54, 1.807) is 0 Å². The molecule has 0 bridgehead atoms. The molecule has 0 saturated carbocycles. The van der Waals surface area contributed by atoms with E-state index in [2.05, 4.69) is 4.98 Å². The third kappa shape index (κ3) is 3.22. The molecule has 0 atom stereocenters. The number of halogens is 2. The largest absolute Gasteiger partial charge is 0.298 e. The van der Waals surface area contributed by atoms with Crippen LogP contribution in [0, 0.1) is 11.3 Å². The minimum Gasteiger partial charge on any atom is -0.298 e. The molecule has 80 valence electrons. The van der Waals surface area contributed by atoms with Crippen LogP contribution in [0.2, 0.25) is 10.2 Å². The summed E-state index contributed by atoms with van der Waals surface area (Å²) in [6.07, 6.45) is 3.35. The number of aryl methyl sites for hydroxylation is 1. The highest BCUT2D eigenvalue weighted by Gasteiger charge is 2.06. The highest BCUT2D eigenvalue weighted by molar-refractivity contribution is 6.40. The van der Waals surface area contributed by atoms with E-state index < -0.39 is 0 Å². The summed E-state index contributed by atoms with van der Waals surface area (Å²) in [5.74, 6) is 0. The van der Waals surface area contributed by atoms with Crippen LogP contribution in [-0.4, -0.2) is 9.55 Å². The smallest absolute Gasteiger partial charge is 0.273 e. The van der Waals surface area contributed by atoms with E-state index in [1.165, 1.54) is 10.9 Å². The highest BCUT2D eigenvalue weighted by atomic mass is 35.5. The van der Waals surface area contributed by atoms with Crippen LogP contribution < -0.4 is 5.56 Å². The van der Waals surface area contributed by atoms with Gasteiger partial charge in [-0.05, 0) is 12.8 Å². The quantitative estimate of drug-likeness (QED) is 0.604. The molecule has 0 radical (unpaired) electrons. The van der Waals surface area contributed by atoms with Gasteiger partial charge in [0.2, 0.25) is 0 Å². The zero-order chi connectivity index (χ0) is 11.3. The maximum atomic E-state index is 11.5. The summed E-state index contributed by atoms with van der Waals surface area (Å²) < 4.78 is 1.39. The third-order valence-electron chi connectivity index (χ3n) is 1.88. The van der Waals surface area contributed by atoms with Gasteiger partial charge in [-0.2, -0.15) is 5.26 Å². The van der Waals surface area contributed by atoms with Crippen LogP contribution in [0.25, 0.3) is 0 Å². The molecule has 0 N–H and O–H groups in total. The average Bonchev–Trinajstić information content (AvgIpc) is 2.24. The molecular weight excluding hydrogens is 237 g/mol. The van der Waals surface area contributed by atoms with Crippen LogP contribution in [0.5, 0.6) is 0 Å². The second-order valence-electron chi connectivity index (χ2n) is 2.96. The Bertz CT molecular complexity index is 436. The van der Waals surface area contributed by atoms with Crippen molar-refractivity contribution in [3.05, 3.63) is 26.9 Å². The van der Waals surface area contributed by atoms with Gasteiger partial charge in [-0.25, -0.2) is 4.98 Å². The lowest BCUT2D eigenvalue weighted by atomic mass is 10.2. The Balaban J connectivity index is 2.67. The summed E-state index contributed by atoms with van der Waals surface area (Å²) in [6.45, 7) is 0.504. The fraction of sp³-hybridized carbons (Fsp3) is 0.444. The van der Waals surface area contributed by atoms with Crippen molar-refractivity contribution in [2.75, 3.05) is 0 Å². The predicted molar refractivity (Wildman–Crippen MR) is 58.0 cm³/mol. The molecule has 15 heavy (non-hydrogen) atoms. The van der Waals surface area contributed by atoms with Gasteiger partial charge in [-0.15, -0.1) is 0 Å². The van der Waals surface area contributed by atoms with Gasteiger partial charge in [0.15, 0.2) is 5.15 Å². The van der Waals surface area contributed by atoms with Gasteiger partial charge in [-0.3, -0.25) is 9.36 Å². The molecule has 0 aromatic carbocycles. The van der Waals surface area contributed by atoms with E-state index in [4.69, 9.17) is 28.5 Å². The first-order chi connectivity index (χ1) is 7.16. The third-order valence-corrected chi connectivity index (χ3v) is 2.60. The minimum absolute atomic E-state index is 0.0231. The van der Waals surface area contributed by atoms with Crippen molar-refractivity contribution >= 4 is 23.2 Å². The molecule has 0 saturated heterocycles. The Morgan fingerprint density at radius 1 is 1.47 bits per heavy atom. The Labute approximate surface area is 97.1 Å². The SMILES string of the molecule is N#CCCCCn1cnc(Cl)c(Cl)c1=O. The lowest BCUT2D eigenvalue weighted by molar-refractivity contribution is 0.591. The van der Waals surface area contributed by atoms with Gasteiger partial charge < -0.3 is 0 Å². The van der Waals surface area contributed by atoms with Gasteiger partial charge >= 0.3 is 0 Å². The molecule has 0 amide bonds. The predicted octanol–water partition coefficient (Wildman–Crippen LogP) is 2.24. The van der Waals surface area contributed by atoms with E-state index in [9.17, 15) is 4.79 Å². The monoisotopic (exact) mass is 245 g/mol. The van der Waals surface area contributed by atoms with Crippen LogP contribution in [0.4, 0.5) is 0 Å². The number of hydrogen-bond donors (Lipinski definition) is 0. The normalized spacial score (nSPS) is 9.93. The first-order valence-corrected chi connectivity index (χ1v) is 5.20. The Hall–Kier alpha value is -1.05. The van der Waals surface area contributed by atoms with Crippen LogP contribution in [0.15, 0.2) is 11.1 Å². The van der Waals surface area contributed by atoms with Gasteiger partial charge in [0.05, 0.1) is 12.4 Å². The molecule has 0 aliphatic rings. The van der Waals surface area contributed by atoms with Crippen molar-refractivity contribution in [2.45, 2.75) is 25.8 Å². The van der Waals surface area contributed by atoms with Crippen molar-refractivity contribution in [3.63, 3.8) is 0 Å².